The van der Waals surface area contributed by atoms with E-state index in [0.29, 0.717) is 30.6 Å². The molecule has 1 heterocycles. The molecule has 1 saturated heterocycles. The van der Waals surface area contributed by atoms with Gasteiger partial charge in [-0.15, -0.1) is 0 Å². The second kappa shape index (κ2) is 8.20. The van der Waals surface area contributed by atoms with Crippen molar-refractivity contribution >= 4 is 11.8 Å². The summed E-state index contributed by atoms with van der Waals surface area (Å²) in [6, 6.07) is 13.8. The van der Waals surface area contributed by atoms with E-state index in [1.807, 2.05) is 30.3 Å². The number of para-hydroxylation sites is 1. The maximum Gasteiger partial charge on any atom is 0.253 e. The van der Waals surface area contributed by atoms with Gasteiger partial charge in [0.25, 0.3) is 5.91 Å². The molecule has 5 nitrogen and oxygen atoms in total. The number of rotatable bonds is 5. The van der Waals surface area contributed by atoms with E-state index in [2.05, 4.69) is 0 Å². The summed E-state index contributed by atoms with van der Waals surface area (Å²) in [5, 5.41) is 0. The number of halogens is 1. The zero-order chi connectivity index (χ0) is 19.4. The maximum absolute atomic E-state index is 13.8. The average molecular weight is 370 g/mol. The molecule has 2 aromatic carbocycles. The Hall–Kier alpha value is -2.89. The quantitative estimate of drug-likeness (QED) is 0.880. The number of primary amides is 1. The molecule has 0 aliphatic carbocycles. The monoisotopic (exact) mass is 370 g/mol. The standard InChI is InChI=1S/C21H23FN2O3/c1-14-7-8-15(11-18(14)22)21(26)24-10-9-19(16(13-24)12-20(23)25)27-17-5-3-2-4-6-17/h2-8,11,16,19H,9-10,12-13H2,1H3,(H2,23,25)/t16-,19-/m0/s1. The van der Waals surface area contributed by atoms with Gasteiger partial charge in [0.05, 0.1) is 0 Å². The SMILES string of the molecule is Cc1ccc(C(=O)N2CC[C@H](Oc3ccccc3)[C@@H](CC(N)=O)C2)cc1F. The molecule has 0 bridgehead atoms. The Kier molecular flexibility index (Phi) is 5.74. The molecular weight excluding hydrogens is 347 g/mol. The van der Waals surface area contributed by atoms with Crippen LogP contribution in [0.5, 0.6) is 5.75 Å². The number of ether oxygens (including phenoxy) is 1. The summed E-state index contributed by atoms with van der Waals surface area (Å²) in [5.41, 5.74) is 6.20. The van der Waals surface area contributed by atoms with Crippen LogP contribution in [0.15, 0.2) is 48.5 Å². The summed E-state index contributed by atoms with van der Waals surface area (Å²) in [4.78, 5) is 25.9. The maximum atomic E-state index is 13.8. The Balaban J connectivity index is 1.73. The summed E-state index contributed by atoms with van der Waals surface area (Å²) in [6.45, 7) is 2.47. The van der Waals surface area contributed by atoms with Gasteiger partial charge in [0, 0.05) is 37.4 Å². The van der Waals surface area contributed by atoms with Crippen molar-refractivity contribution in [2.24, 2.45) is 11.7 Å². The minimum atomic E-state index is -0.433. The zero-order valence-corrected chi connectivity index (χ0v) is 15.2. The summed E-state index contributed by atoms with van der Waals surface area (Å²) in [7, 11) is 0. The van der Waals surface area contributed by atoms with E-state index in [9.17, 15) is 14.0 Å². The van der Waals surface area contributed by atoms with Gasteiger partial charge >= 0.3 is 0 Å². The number of amides is 2. The van der Waals surface area contributed by atoms with Crippen LogP contribution in [-0.4, -0.2) is 35.9 Å². The number of nitrogens with two attached hydrogens (primary N) is 1. The molecule has 0 unspecified atom stereocenters. The minimum absolute atomic E-state index is 0.129. The largest absolute Gasteiger partial charge is 0.490 e. The molecule has 0 aromatic heterocycles. The molecule has 142 valence electrons. The molecule has 1 fully saturated rings. The third-order valence-electron chi connectivity index (χ3n) is 4.86. The van der Waals surface area contributed by atoms with E-state index in [4.69, 9.17) is 10.5 Å². The van der Waals surface area contributed by atoms with Crippen LogP contribution in [0.2, 0.25) is 0 Å². The van der Waals surface area contributed by atoms with E-state index in [-0.39, 0.29) is 24.3 Å². The second-order valence-electron chi connectivity index (χ2n) is 6.90. The molecule has 6 heteroatoms. The van der Waals surface area contributed by atoms with Gasteiger partial charge in [-0.2, -0.15) is 0 Å². The molecule has 0 radical (unpaired) electrons. The summed E-state index contributed by atoms with van der Waals surface area (Å²) in [5.74, 6) is -0.580. The van der Waals surface area contributed by atoms with Crippen LogP contribution in [0.3, 0.4) is 0 Å². The first-order chi connectivity index (χ1) is 12.9. The first-order valence-corrected chi connectivity index (χ1v) is 8.99. The minimum Gasteiger partial charge on any atom is -0.490 e. The van der Waals surface area contributed by atoms with Gasteiger partial charge in [0.15, 0.2) is 0 Å². The van der Waals surface area contributed by atoms with Crippen LogP contribution in [-0.2, 0) is 4.79 Å². The second-order valence-corrected chi connectivity index (χ2v) is 6.90. The smallest absolute Gasteiger partial charge is 0.253 e. The van der Waals surface area contributed by atoms with E-state index >= 15 is 0 Å². The lowest BCUT2D eigenvalue weighted by Gasteiger charge is -2.38. The summed E-state index contributed by atoms with van der Waals surface area (Å²) in [6.07, 6.45) is 0.495. The highest BCUT2D eigenvalue weighted by atomic mass is 19.1. The fourth-order valence-electron chi connectivity index (χ4n) is 3.39. The van der Waals surface area contributed by atoms with Crippen LogP contribution >= 0.6 is 0 Å². The van der Waals surface area contributed by atoms with Crippen LogP contribution in [0.25, 0.3) is 0 Å². The number of likely N-dealkylation sites (tertiary alicyclic amines) is 1. The molecule has 0 spiro atoms. The lowest BCUT2D eigenvalue weighted by atomic mass is 9.90. The van der Waals surface area contributed by atoms with Crippen LogP contribution in [0.1, 0.15) is 28.8 Å². The van der Waals surface area contributed by atoms with Crippen molar-refractivity contribution in [1.29, 1.82) is 0 Å². The van der Waals surface area contributed by atoms with Gasteiger partial charge in [-0.1, -0.05) is 24.3 Å². The molecule has 2 N–H and O–H groups in total. The molecular formula is C21H23FN2O3. The fourth-order valence-corrected chi connectivity index (χ4v) is 3.39. The third-order valence-corrected chi connectivity index (χ3v) is 4.86. The van der Waals surface area contributed by atoms with Crippen LogP contribution in [0, 0.1) is 18.7 Å². The number of hydrogen-bond donors (Lipinski definition) is 1. The number of benzene rings is 2. The van der Waals surface area contributed by atoms with Gasteiger partial charge < -0.3 is 15.4 Å². The Morgan fingerprint density at radius 1 is 1.22 bits per heavy atom. The molecule has 2 atom stereocenters. The predicted octanol–water partition coefficient (Wildman–Crippen LogP) is 2.92. The Bertz CT molecular complexity index is 825. The lowest BCUT2D eigenvalue weighted by Crippen LogP contribution is -2.49. The highest BCUT2D eigenvalue weighted by Crippen LogP contribution is 2.26. The molecule has 2 amide bonds. The first kappa shape index (κ1) is 18.9. The van der Waals surface area contributed by atoms with Gasteiger partial charge in [-0.05, 0) is 36.8 Å². The number of piperidine rings is 1. The average Bonchev–Trinajstić information content (AvgIpc) is 2.65. The molecule has 2 aromatic rings. The number of nitrogens with zero attached hydrogens (tertiary/aromatic N) is 1. The highest BCUT2D eigenvalue weighted by molar-refractivity contribution is 5.94. The summed E-state index contributed by atoms with van der Waals surface area (Å²) >= 11 is 0. The van der Waals surface area contributed by atoms with E-state index < -0.39 is 11.7 Å². The molecule has 1 aliphatic heterocycles. The van der Waals surface area contributed by atoms with Gasteiger partial charge in [-0.3, -0.25) is 9.59 Å². The first-order valence-electron chi connectivity index (χ1n) is 8.99. The van der Waals surface area contributed by atoms with E-state index in [1.54, 1.807) is 24.0 Å². The molecule has 1 aliphatic rings. The Morgan fingerprint density at radius 2 is 1.96 bits per heavy atom. The van der Waals surface area contributed by atoms with Gasteiger partial charge in [0.1, 0.15) is 17.7 Å². The van der Waals surface area contributed by atoms with Crippen molar-refractivity contribution < 1.29 is 18.7 Å². The lowest BCUT2D eigenvalue weighted by molar-refractivity contribution is -0.120. The molecule has 3 rings (SSSR count). The van der Waals surface area contributed by atoms with Gasteiger partial charge in [0.2, 0.25) is 5.91 Å². The fraction of sp³-hybridized carbons (Fsp3) is 0.333. The normalized spacial score (nSPS) is 19.6. The highest BCUT2D eigenvalue weighted by Gasteiger charge is 2.34. The van der Waals surface area contributed by atoms with E-state index in [0.717, 1.165) is 5.75 Å². The van der Waals surface area contributed by atoms with Gasteiger partial charge in [-0.25, -0.2) is 4.39 Å². The number of aryl methyl sites for hydroxylation is 1. The third kappa shape index (κ3) is 4.64. The number of carbonyl (C=O) groups is 2. The predicted molar refractivity (Wildman–Crippen MR) is 99.8 cm³/mol. The van der Waals surface area contributed by atoms with Crippen molar-refractivity contribution in [3.8, 4) is 5.75 Å². The van der Waals surface area contributed by atoms with Crippen molar-refractivity contribution in [2.75, 3.05) is 13.1 Å². The van der Waals surface area contributed by atoms with Crippen molar-refractivity contribution in [1.82, 2.24) is 4.90 Å². The van der Waals surface area contributed by atoms with Crippen LogP contribution < -0.4 is 10.5 Å². The Morgan fingerprint density at radius 3 is 2.63 bits per heavy atom. The Labute approximate surface area is 157 Å². The molecule has 27 heavy (non-hydrogen) atoms. The number of carbonyl (C=O) groups excluding carboxylic acids is 2. The number of hydrogen-bond acceptors (Lipinski definition) is 3. The van der Waals surface area contributed by atoms with Crippen molar-refractivity contribution in [3.63, 3.8) is 0 Å². The van der Waals surface area contributed by atoms with E-state index in [1.165, 1.54) is 6.07 Å². The van der Waals surface area contributed by atoms with Crippen LogP contribution in [0.4, 0.5) is 4.39 Å². The molecule has 0 saturated carbocycles. The van der Waals surface area contributed by atoms with Crippen molar-refractivity contribution in [2.45, 2.75) is 25.9 Å². The topological polar surface area (TPSA) is 72.6 Å². The van der Waals surface area contributed by atoms with Crippen molar-refractivity contribution in [3.05, 3.63) is 65.5 Å². The summed E-state index contributed by atoms with van der Waals surface area (Å²) < 4.78 is 19.8. The zero-order valence-electron chi connectivity index (χ0n) is 15.2.